The average molecular weight is 361 g/mol. The van der Waals surface area contributed by atoms with Crippen LogP contribution in [0.15, 0.2) is 66.7 Å². The number of aromatic nitrogens is 1. The second-order valence-electron chi connectivity index (χ2n) is 6.66. The molecule has 1 heterocycles. The Morgan fingerprint density at radius 3 is 2.42 bits per heavy atom. The van der Waals surface area contributed by atoms with Crippen LogP contribution in [0.2, 0.25) is 0 Å². The largest absolute Gasteiger partial charge is 0.399 e. The predicted octanol–water partition coefficient (Wildman–Crippen LogP) is 6.05. The van der Waals surface area contributed by atoms with Crippen LogP contribution < -0.4 is 5.73 Å². The summed E-state index contributed by atoms with van der Waals surface area (Å²) >= 11 is 2.04. The Balaban J connectivity index is 1.82. The topological polar surface area (TPSA) is 30.9 Å². The molecular weight excluding hydrogens is 336 g/mol. The van der Waals surface area contributed by atoms with Gasteiger partial charge in [0.25, 0.3) is 0 Å². The lowest BCUT2D eigenvalue weighted by molar-refractivity contribution is 1.09. The van der Waals surface area contributed by atoms with Crippen LogP contribution in [0.25, 0.3) is 27.5 Å². The summed E-state index contributed by atoms with van der Waals surface area (Å²) < 4.78 is 2.33. The highest BCUT2D eigenvalue weighted by molar-refractivity contribution is 7.99. The summed E-state index contributed by atoms with van der Waals surface area (Å²) in [5, 5.41) is 2.64. The molecule has 0 atom stereocenters. The smallest absolute Gasteiger partial charge is 0.0541 e. The minimum Gasteiger partial charge on any atom is -0.399 e. The van der Waals surface area contributed by atoms with Gasteiger partial charge in [0.2, 0.25) is 0 Å². The zero-order valence-electron chi connectivity index (χ0n) is 15.1. The van der Waals surface area contributed by atoms with Crippen molar-refractivity contribution in [1.82, 2.24) is 4.57 Å². The summed E-state index contributed by atoms with van der Waals surface area (Å²) in [5.41, 5.74) is 11.7. The summed E-state index contributed by atoms with van der Waals surface area (Å²) in [4.78, 5) is 0. The van der Waals surface area contributed by atoms with Crippen LogP contribution in [-0.4, -0.2) is 16.1 Å². The van der Waals surface area contributed by atoms with Crippen LogP contribution in [-0.2, 0) is 6.42 Å². The highest BCUT2D eigenvalue weighted by atomic mass is 32.2. The van der Waals surface area contributed by atoms with Crippen molar-refractivity contribution in [3.05, 3.63) is 72.3 Å². The van der Waals surface area contributed by atoms with Crippen molar-refractivity contribution in [3.63, 3.8) is 0 Å². The molecule has 3 aromatic carbocycles. The maximum atomic E-state index is 5.88. The first kappa shape index (κ1) is 17.0. The quantitative estimate of drug-likeness (QED) is 0.335. The van der Waals surface area contributed by atoms with Gasteiger partial charge in [-0.2, -0.15) is 11.8 Å². The number of para-hydroxylation sites is 1. The van der Waals surface area contributed by atoms with Gasteiger partial charge in [-0.3, -0.25) is 0 Å². The Kier molecular flexibility index (Phi) is 4.89. The zero-order valence-corrected chi connectivity index (χ0v) is 15.9. The van der Waals surface area contributed by atoms with Crippen molar-refractivity contribution < 1.29 is 0 Å². The lowest BCUT2D eigenvalue weighted by Crippen LogP contribution is -1.95. The second-order valence-corrected chi connectivity index (χ2v) is 7.88. The molecule has 2 nitrogen and oxygen atoms in total. The fourth-order valence-corrected chi connectivity index (χ4v) is 4.39. The lowest BCUT2D eigenvalue weighted by Gasteiger charge is -2.08. The van der Waals surface area contributed by atoms with E-state index in [-0.39, 0.29) is 0 Å². The molecule has 0 bridgehead atoms. The van der Waals surface area contributed by atoms with E-state index in [1.165, 1.54) is 45.3 Å². The third-order valence-electron chi connectivity index (χ3n) is 4.77. The molecular formula is C23H24N2S. The molecule has 4 aromatic rings. The van der Waals surface area contributed by atoms with Crippen molar-refractivity contribution in [2.45, 2.75) is 19.8 Å². The first-order valence-corrected chi connectivity index (χ1v) is 10.4. The van der Waals surface area contributed by atoms with Gasteiger partial charge < -0.3 is 10.3 Å². The Morgan fingerprint density at radius 1 is 0.846 bits per heavy atom. The van der Waals surface area contributed by atoms with Gasteiger partial charge in [-0.1, -0.05) is 31.2 Å². The molecule has 0 fully saturated rings. The van der Waals surface area contributed by atoms with Crippen molar-refractivity contribution in [1.29, 1.82) is 0 Å². The van der Waals surface area contributed by atoms with Crippen LogP contribution in [0.4, 0.5) is 5.69 Å². The van der Waals surface area contributed by atoms with Crippen molar-refractivity contribution in [2.75, 3.05) is 17.2 Å². The minimum atomic E-state index is 0.793. The van der Waals surface area contributed by atoms with Crippen molar-refractivity contribution in [2.24, 2.45) is 0 Å². The molecule has 0 aliphatic carbocycles. The summed E-state index contributed by atoms with van der Waals surface area (Å²) in [5.74, 6) is 2.44. The number of hydrogen-bond acceptors (Lipinski definition) is 2. The fourth-order valence-electron chi connectivity index (χ4n) is 3.51. The first-order chi connectivity index (χ1) is 12.8. The molecule has 0 aliphatic rings. The van der Waals surface area contributed by atoms with Gasteiger partial charge in [-0.05, 0) is 72.4 Å². The van der Waals surface area contributed by atoms with E-state index >= 15 is 0 Å². The number of thioether (sulfide) groups is 1. The van der Waals surface area contributed by atoms with Crippen LogP contribution in [0, 0.1) is 0 Å². The fraction of sp³-hybridized carbons (Fsp3) is 0.217. The molecule has 0 spiro atoms. The highest BCUT2D eigenvalue weighted by Gasteiger charge is 2.12. The van der Waals surface area contributed by atoms with E-state index in [4.69, 9.17) is 5.73 Å². The van der Waals surface area contributed by atoms with E-state index in [0.717, 1.165) is 17.8 Å². The van der Waals surface area contributed by atoms with Gasteiger partial charge in [0, 0.05) is 22.1 Å². The SMILES string of the molecule is CCCSCCc1ccc2c(c1)c1ccccc1n2-c1ccc(N)cc1. The zero-order chi connectivity index (χ0) is 17.9. The first-order valence-electron chi connectivity index (χ1n) is 9.23. The Morgan fingerprint density at radius 2 is 1.62 bits per heavy atom. The Labute approximate surface area is 159 Å². The van der Waals surface area contributed by atoms with Gasteiger partial charge in [0.1, 0.15) is 0 Å². The van der Waals surface area contributed by atoms with E-state index in [2.05, 4.69) is 66.1 Å². The van der Waals surface area contributed by atoms with Gasteiger partial charge in [0.05, 0.1) is 11.0 Å². The summed E-state index contributed by atoms with van der Waals surface area (Å²) in [6.45, 7) is 2.24. The summed E-state index contributed by atoms with van der Waals surface area (Å²) in [6.07, 6.45) is 2.38. The van der Waals surface area contributed by atoms with Crippen molar-refractivity contribution in [3.8, 4) is 5.69 Å². The maximum Gasteiger partial charge on any atom is 0.0541 e. The molecule has 1 aromatic heterocycles. The highest BCUT2D eigenvalue weighted by Crippen LogP contribution is 2.33. The molecule has 4 rings (SSSR count). The van der Waals surface area contributed by atoms with E-state index < -0.39 is 0 Å². The van der Waals surface area contributed by atoms with Gasteiger partial charge >= 0.3 is 0 Å². The van der Waals surface area contributed by atoms with E-state index in [1.54, 1.807) is 0 Å². The molecule has 0 aliphatic heterocycles. The number of nitrogens with zero attached hydrogens (tertiary/aromatic N) is 1. The molecule has 2 N–H and O–H groups in total. The minimum absolute atomic E-state index is 0.793. The number of fused-ring (bicyclic) bond motifs is 3. The van der Waals surface area contributed by atoms with Gasteiger partial charge in [0.15, 0.2) is 0 Å². The third kappa shape index (κ3) is 3.19. The van der Waals surface area contributed by atoms with Gasteiger partial charge in [-0.25, -0.2) is 0 Å². The van der Waals surface area contributed by atoms with E-state index in [0.29, 0.717) is 0 Å². The van der Waals surface area contributed by atoms with Crippen molar-refractivity contribution >= 4 is 39.3 Å². The number of anilines is 1. The maximum absolute atomic E-state index is 5.88. The summed E-state index contributed by atoms with van der Waals surface area (Å²) in [7, 11) is 0. The van der Waals surface area contributed by atoms with Crippen LogP contribution in [0.1, 0.15) is 18.9 Å². The molecule has 0 saturated carbocycles. The number of benzene rings is 3. The molecule has 0 radical (unpaired) electrons. The number of aryl methyl sites for hydroxylation is 1. The number of hydrogen-bond donors (Lipinski definition) is 1. The molecule has 3 heteroatoms. The van der Waals surface area contributed by atoms with Crippen LogP contribution in [0.3, 0.4) is 0 Å². The molecule has 0 saturated heterocycles. The normalized spacial score (nSPS) is 11.4. The number of rotatable bonds is 6. The third-order valence-corrected chi connectivity index (χ3v) is 5.96. The average Bonchev–Trinajstić information content (AvgIpc) is 3.00. The second kappa shape index (κ2) is 7.46. The van der Waals surface area contributed by atoms with E-state index in [9.17, 15) is 0 Å². The Bertz CT molecular complexity index is 1030. The summed E-state index contributed by atoms with van der Waals surface area (Å²) in [6, 6.07) is 23.7. The number of nitrogen functional groups attached to an aromatic ring is 1. The lowest BCUT2D eigenvalue weighted by atomic mass is 10.1. The predicted molar refractivity (Wildman–Crippen MR) is 117 cm³/mol. The molecule has 0 unspecified atom stereocenters. The standard InChI is InChI=1S/C23H24N2S/c1-2-14-26-15-13-17-7-12-23-21(16-17)20-5-3-4-6-22(20)25(23)19-10-8-18(24)9-11-19/h3-12,16H,2,13-15,24H2,1H3. The molecule has 0 amide bonds. The molecule has 132 valence electrons. The Hall–Kier alpha value is -2.39. The van der Waals surface area contributed by atoms with E-state index in [1.807, 2.05) is 23.9 Å². The molecule has 26 heavy (non-hydrogen) atoms. The number of nitrogens with two attached hydrogens (primary N) is 1. The van der Waals surface area contributed by atoms with Gasteiger partial charge in [-0.15, -0.1) is 0 Å². The van der Waals surface area contributed by atoms with Crippen LogP contribution >= 0.6 is 11.8 Å². The monoisotopic (exact) mass is 360 g/mol. The van der Waals surface area contributed by atoms with Crippen LogP contribution in [0.5, 0.6) is 0 Å².